The van der Waals surface area contributed by atoms with Gasteiger partial charge in [-0.1, -0.05) is 38.1 Å². The number of hydrogen-bond acceptors (Lipinski definition) is 3. The molecular formula is C18H21N3O2. The average Bonchev–Trinajstić information content (AvgIpc) is 2.54. The maximum atomic E-state index is 12.0. The Hall–Kier alpha value is -2.69. The highest BCUT2D eigenvalue weighted by Gasteiger charge is 2.12. The molecule has 0 aliphatic heterocycles. The number of benzene rings is 1. The fourth-order valence-electron chi connectivity index (χ4n) is 2.21. The first-order chi connectivity index (χ1) is 11.1. The van der Waals surface area contributed by atoms with Gasteiger partial charge in [-0.15, -0.1) is 0 Å². The molecular weight excluding hydrogens is 290 g/mol. The topological polar surface area (TPSA) is 71.1 Å². The van der Waals surface area contributed by atoms with Gasteiger partial charge in [0.1, 0.15) is 6.42 Å². The second-order valence-electron chi connectivity index (χ2n) is 5.56. The summed E-state index contributed by atoms with van der Waals surface area (Å²) in [7, 11) is 0. The van der Waals surface area contributed by atoms with E-state index in [1.807, 2.05) is 42.5 Å². The van der Waals surface area contributed by atoms with E-state index in [4.69, 9.17) is 0 Å². The summed E-state index contributed by atoms with van der Waals surface area (Å²) in [5.41, 5.74) is 2.56. The number of para-hydroxylation sites is 1. The van der Waals surface area contributed by atoms with Gasteiger partial charge in [0.15, 0.2) is 0 Å². The van der Waals surface area contributed by atoms with E-state index in [2.05, 4.69) is 29.5 Å². The predicted octanol–water partition coefficient (Wildman–Crippen LogP) is 2.85. The average molecular weight is 311 g/mol. The molecule has 0 bridgehead atoms. The first-order valence-corrected chi connectivity index (χ1v) is 7.61. The van der Waals surface area contributed by atoms with Crippen LogP contribution in [0.5, 0.6) is 0 Å². The lowest BCUT2D eigenvalue weighted by Crippen LogP contribution is -2.28. The molecule has 120 valence electrons. The number of amides is 2. The number of hydrogen-bond donors (Lipinski definition) is 2. The van der Waals surface area contributed by atoms with Crippen molar-refractivity contribution in [1.82, 2.24) is 10.3 Å². The molecule has 0 saturated carbocycles. The summed E-state index contributed by atoms with van der Waals surface area (Å²) in [6.07, 6.45) is 1.45. The number of carbonyl (C=O) groups is 2. The molecule has 5 nitrogen and oxygen atoms in total. The van der Waals surface area contributed by atoms with Gasteiger partial charge in [0.05, 0.1) is 12.2 Å². The smallest absolute Gasteiger partial charge is 0.233 e. The number of carbonyl (C=O) groups excluding carboxylic acids is 2. The Morgan fingerprint density at radius 2 is 1.78 bits per heavy atom. The SMILES string of the molecule is CC(C)c1ccccc1NC(=O)CC(=O)NCc1ccccn1. The van der Waals surface area contributed by atoms with Crippen molar-refractivity contribution in [2.75, 3.05) is 5.32 Å². The summed E-state index contributed by atoms with van der Waals surface area (Å²) >= 11 is 0. The molecule has 23 heavy (non-hydrogen) atoms. The minimum absolute atomic E-state index is 0.209. The lowest BCUT2D eigenvalue weighted by atomic mass is 10.0. The number of nitrogens with zero attached hydrogens (tertiary/aromatic N) is 1. The van der Waals surface area contributed by atoms with E-state index in [1.54, 1.807) is 6.20 Å². The van der Waals surface area contributed by atoms with Crippen molar-refractivity contribution >= 4 is 17.5 Å². The minimum atomic E-state index is -0.324. The number of pyridine rings is 1. The Morgan fingerprint density at radius 1 is 1.04 bits per heavy atom. The molecule has 2 N–H and O–H groups in total. The maximum absolute atomic E-state index is 12.0. The molecule has 2 rings (SSSR count). The third-order valence-corrected chi connectivity index (χ3v) is 3.37. The van der Waals surface area contributed by atoms with Crippen molar-refractivity contribution in [3.63, 3.8) is 0 Å². The third kappa shape index (κ3) is 5.21. The standard InChI is InChI=1S/C18H21N3O2/c1-13(2)15-8-3-4-9-16(15)21-18(23)11-17(22)20-12-14-7-5-6-10-19-14/h3-10,13H,11-12H2,1-2H3,(H,20,22)(H,21,23). The van der Waals surface area contributed by atoms with Crippen molar-refractivity contribution in [3.8, 4) is 0 Å². The molecule has 1 aromatic carbocycles. The highest BCUT2D eigenvalue weighted by Crippen LogP contribution is 2.23. The molecule has 0 atom stereocenters. The minimum Gasteiger partial charge on any atom is -0.350 e. The normalized spacial score (nSPS) is 10.4. The van der Waals surface area contributed by atoms with Crippen molar-refractivity contribution in [3.05, 3.63) is 59.9 Å². The zero-order chi connectivity index (χ0) is 16.7. The Bertz CT molecular complexity index is 669. The molecule has 2 amide bonds. The zero-order valence-corrected chi connectivity index (χ0v) is 13.4. The molecule has 0 unspecified atom stereocenters. The summed E-state index contributed by atoms with van der Waals surface area (Å²) in [5.74, 6) is -0.351. The Labute approximate surface area is 136 Å². The van der Waals surface area contributed by atoms with Crippen molar-refractivity contribution in [1.29, 1.82) is 0 Å². The quantitative estimate of drug-likeness (QED) is 0.806. The number of anilines is 1. The molecule has 0 aliphatic rings. The van der Waals surface area contributed by atoms with Crippen LogP contribution in [0.15, 0.2) is 48.7 Å². The van der Waals surface area contributed by atoms with E-state index in [0.717, 1.165) is 16.9 Å². The zero-order valence-electron chi connectivity index (χ0n) is 13.4. The summed E-state index contributed by atoms with van der Waals surface area (Å²) < 4.78 is 0. The summed E-state index contributed by atoms with van der Waals surface area (Å²) in [6, 6.07) is 13.1. The first kappa shape index (κ1) is 16.7. The van der Waals surface area contributed by atoms with Crippen LogP contribution in [0.25, 0.3) is 0 Å². The monoisotopic (exact) mass is 311 g/mol. The molecule has 0 spiro atoms. The van der Waals surface area contributed by atoms with Crippen LogP contribution in [0.2, 0.25) is 0 Å². The Balaban J connectivity index is 1.86. The van der Waals surface area contributed by atoms with Gasteiger partial charge in [-0.2, -0.15) is 0 Å². The van der Waals surface area contributed by atoms with Crippen molar-refractivity contribution < 1.29 is 9.59 Å². The first-order valence-electron chi connectivity index (χ1n) is 7.61. The molecule has 1 heterocycles. The molecule has 0 aliphatic carbocycles. The molecule has 0 saturated heterocycles. The second kappa shape index (κ2) is 8.08. The van der Waals surface area contributed by atoms with E-state index >= 15 is 0 Å². The Morgan fingerprint density at radius 3 is 2.48 bits per heavy atom. The number of aromatic nitrogens is 1. The van der Waals surface area contributed by atoms with Gasteiger partial charge >= 0.3 is 0 Å². The molecule has 0 radical (unpaired) electrons. The van der Waals surface area contributed by atoms with Gasteiger partial charge in [-0.3, -0.25) is 14.6 Å². The van der Waals surface area contributed by atoms with E-state index in [0.29, 0.717) is 12.5 Å². The van der Waals surface area contributed by atoms with Crippen LogP contribution in [0.3, 0.4) is 0 Å². The van der Waals surface area contributed by atoms with Crippen LogP contribution >= 0.6 is 0 Å². The fourth-order valence-corrected chi connectivity index (χ4v) is 2.21. The van der Waals surface area contributed by atoms with Gasteiger partial charge in [0.2, 0.25) is 11.8 Å². The van der Waals surface area contributed by atoms with Crippen LogP contribution in [-0.2, 0) is 16.1 Å². The summed E-state index contributed by atoms with van der Waals surface area (Å²) in [6.45, 7) is 4.44. The summed E-state index contributed by atoms with van der Waals surface area (Å²) in [5, 5.41) is 5.50. The van der Waals surface area contributed by atoms with Gasteiger partial charge in [-0.25, -0.2) is 0 Å². The van der Waals surface area contributed by atoms with Crippen molar-refractivity contribution in [2.45, 2.75) is 32.7 Å². The molecule has 2 aromatic rings. The molecule has 5 heteroatoms. The molecule has 1 aromatic heterocycles. The predicted molar refractivity (Wildman–Crippen MR) is 89.9 cm³/mol. The van der Waals surface area contributed by atoms with E-state index in [9.17, 15) is 9.59 Å². The highest BCUT2D eigenvalue weighted by molar-refractivity contribution is 6.03. The summed E-state index contributed by atoms with van der Waals surface area (Å²) in [4.78, 5) is 28.0. The lowest BCUT2D eigenvalue weighted by molar-refractivity contribution is -0.126. The van der Waals surface area contributed by atoms with Gasteiger partial charge in [-0.05, 0) is 29.7 Å². The van der Waals surface area contributed by atoms with Crippen LogP contribution < -0.4 is 10.6 Å². The highest BCUT2D eigenvalue weighted by atomic mass is 16.2. The largest absolute Gasteiger partial charge is 0.350 e. The fraction of sp³-hybridized carbons (Fsp3) is 0.278. The van der Waals surface area contributed by atoms with E-state index in [1.165, 1.54) is 0 Å². The third-order valence-electron chi connectivity index (χ3n) is 3.37. The van der Waals surface area contributed by atoms with Crippen LogP contribution in [0, 0.1) is 0 Å². The molecule has 0 fully saturated rings. The van der Waals surface area contributed by atoms with Gasteiger partial charge < -0.3 is 10.6 Å². The van der Waals surface area contributed by atoms with Crippen LogP contribution in [0.4, 0.5) is 5.69 Å². The van der Waals surface area contributed by atoms with E-state index < -0.39 is 0 Å². The number of nitrogens with one attached hydrogen (secondary N) is 2. The maximum Gasteiger partial charge on any atom is 0.233 e. The van der Waals surface area contributed by atoms with E-state index in [-0.39, 0.29) is 18.2 Å². The van der Waals surface area contributed by atoms with Crippen LogP contribution in [-0.4, -0.2) is 16.8 Å². The Kier molecular flexibility index (Phi) is 5.86. The van der Waals surface area contributed by atoms with Crippen molar-refractivity contribution in [2.24, 2.45) is 0 Å². The number of rotatable bonds is 6. The van der Waals surface area contributed by atoms with Crippen LogP contribution in [0.1, 0.15) is 37.4 Å². The second-order valence-corrected chi connectivity index (χ2v) is 5.56. The lowest BCUT2D eigenvalue weighted by Gasteiger charge is -2.13. The van der Waals surface area contributed by atoms with Gasteiger partial charge in [0.25, 0.3) is 0 Å². The van der Waals surface area contributed by atoms with Gasteiger partial charge in [0, 0.05) is 11.9 Å².